The second-order valence-electron chi connectivity index (χ2n) is 14.4. The number of unbranched alkanes of at least 4 members (excludes halogenated alkanes) is 1. The summed E-state index contributed by atoms with van der Waals surface area (Å²) in [7, 11) is 0. The fraction of sp³-hybridized carbons (Fsp3) is 0.538. The maximum absolute atomic E-state index is 13.9. The van der Waals surface area contributed by atoms with E-state index in [4.69, 9.17) is 11.5 Å². The van der Waals surface area contributed by atoms with E-state index in [1.165, 1.54) is 4.90 Å². The van der Waals surface area contributed by atoms with Crippen molar-refractivity contribution < 1.29 is 28.8 Å². The second kappa shape index (κ2) is 20.4. The highest BCUT2D eigenvalue weighted by molar-refractivity contribution is 6.35. The van der Waals surface area contributed by atoms with Crippen LogP contribution in [0.4, 0.5) is 0 Å². The average Bonchev–Trinajstić information content (AvgIpc) is 3.98. The van der Waals surface area contributed by atoms with Crippen LogP contribution in [-0.4, -0.2) is 108 Å². The van der Waals surface area contributed by atoms with E-state index < -0.39 is 53.7 Å². The maximum atomic E-state index is 13.9. The van der Waals surface area contributed by atoms with E-state index in [1.54, 1.807) is 4.90 Å². The third kappa shape index (κ3) is 13.3. The molecule has 6 amide bonds. The summed E-state index contributed by atoms with van der Waals surface area (Å²) < 4.78 is 0. The lowest BCUT2D eigenvalue weighted by Gasteiger charge is -2.36. The minimum Gasteiger partial charge on any atom is -0.345 e. The molecule has 53 heavy (non-hydrogen) atoms. The van der Waals surface area contributed by atoms with Crippen LogP contribution < -0.4 is 32.7 Å². The number of nitrogens with one attached hydrogen (secondary N) is 4. The van der Waals surface area contributed by atoms with Crippen LogP contribution in [0.25, 0.3) is 0 Å². The topological polar surface area (TPSA) is 209 Å². The predicted molar refractivity (Wildman–Crippen MR) is 201 cm³/mol. The van der Waals surface area contributed by atoms with Crippen LogP contribution in [0.15, 0.2) is 60.7 Å². The van der Waals surface area contributed by atoms with Crippen LogP contribution in [0.5, 0.6) is 0 Å². The average molecular weight is 733 g/mol. The summed E-state index contributed by atoms with van der Waals surface area (Å²) in [6.45, 7) is 5.09. The van der Waals surface area contributed by atoms with Crippen LogP contribution in [0.1, 0.15) is 63.5 Å². The molecule has 0 aromatic heterocycles. The summed E-state index contributed by atoms with van der Waals surface area (Å²) in [6, 6.07) is 14.8. The van der Waals surface area contributed by atoms with Crippen LogP contribution in [0.2, 0.25) is 0 Å². The number of hydrogen-bond acceptors (Lipinski definition) is 8. The molecule has 0 spiro atoms. The first-order valence-electron chi connectivity index (χ1n) is 18.8. The smallest absolute Gasteiger partial charge is 0.312 e. The van der Waals surface area contributed by atoms with Gasteiger partial charge in [-0.15, -0.1) is 0 Å². The minimum absolute atomic E-state index is 0.00151. The molecule has 8 N–H and O–H groups in total. The van der Waals surface area contributed by atoms with Gasteiger partial charge in [-0.25, -0.2) is 0 Å². The highest BCUT2D eigenvalue weighted by atomic mass is 16.2. The van der Waals surface area contributed by atoms with Gasteiger partial charge in [-0.3, -0.25) is 28.8 Å². The summed E-state index contributed by atoms with van der Waals surface area (Å²) in [5.41, 5.74) is 13.7. The van der Waals surface area contributed by atoms with Crippen LogP contribution in [0.3, 0.4) is 0 Å². The van der Waals surface area contributed by atoms with Gasteiger partial charge in [0.05, 0.1) is 6.04 Å². The fourth-order valence-electron chi connectivity index (χ4n) is 6.27. The molecule has 14 heteroatoms. The highest BCUT2D eigenvalue weighted by Gasteiger charge is 2.35. The number of hydrogen-bond donors (Lipinski definition) is 6. The van der Waals surface area contributed by atoms with E-state index in [0.717, 1.165) is 24.0 Å². The maximum Gasteiger partial charge on any atom is 0.312 e. The Morgan fingerprint density at radius 1 is 0.698 bits per heavy atom. The molecule has 288 valence electrons. The van der Waals surface area contributed by atoms with Gasteiger partial charge in [-0.1, -0.05) is 74.5 Å². The van der Waals surface area contributed by atoms with Gasteiger partial charge in [0, 0.05) is 38.6 Å². The van der Waals surface area contributed by atoms with E-state index in [2.05, 4.69) is 21.3 Å². The first-order valence-corrected chi connectivity index (χ1v) is 18.8. The minimum atomic E-state index is -1.03. The van der Waals surface area contributed by atoms with Crippen molar-refractivity contribution in [2.75, 3.05) is 32.7 Å². The molecule has 1 heterocycles. The Hall–Kier alpha value is -4.82. The summed E-state index contributed by atoms with van der Waals surface area (Å²) in [6.07, 6.45) is 4.04. The fourth-order valence-corrected chi connectivity index (χ4v) is 6.27. The summed E-state index contributed by atoms with van der Waals surface area (Å²) >= 11 is 0. The lowest BCUT2D eigenvalue weighted by Crippen LogP contribution is -2.60. The number of carbonyl (C=O) groups excluding carboxylic acids is 6. The van der Waals surface area contributed by atoms with Gasteiger partial charge in [0.15, 0.2) is 0 Å². The molecule has 1 saturated heterocycles. The number of benzene rings is 2. The predicted octanol–water partition coefficient (Wildman–Crippen LogP) is 0.378. The molecule has 4 rings (SSSR count). The zero-order valence-corrected chi connectivity index (χ0v) is 30.9. The number of amides is 6. The van der Waals surface area contributed by atoms with Crippen LogP contribution in [-0.2, 0) is 41.6 Å². The Labute approximate surface area is 312 Å². The molecule has 1 saturated carbocycles. The molecule has 14 nitrogen and oxygen atoms in total. The molecular formula is C39H56N8O6. The molecule has 2 aromatic rings. The van der Waals surface area contributed by atoms with Gasteiger partial charge < -0.3 is 42.5 Å². The number of piperazine rings is 1. The van der Waals surface area contributed by atoms with E-state index >= 15 is 0 Å². The Morgan fingerprint density at radius 3 is 1.79 bits per heavy atom. The summed E-state index contributed by atoms with van der Waals surface area (Å²) in [4.78, 5) is 83.0. The van der Waals surface area contributed by atoms with Gasteiger partial charge in [0.1, 0.15) is 18.1 Å². The number of nitrogens with zero attached hydrogens (tertiary/aromatic N) is 2. The van der Waals surface area contributed by atoms with E-state index in [-0.39, 0.29) is 63.3 Å². The molecule has 1 aliphatic carbocycles. The second-order valence-corrected chi connectivity index (χ2v) is 14.4. The third-order valence-electron chi connectivity index (χ3n) is 9.44. The van der Waals surface area contributed by atoms with Crippen molar-refractivity contribution in [2.45, 2.75) is 95.4 Å². The van der Waals surface area contributed by atoms with Crippen molar-refractivity contribution >= 4 is 35.4 Å². The van der Waals surface area contributed by atoms with Crippen LogP contribution in [0, 0.1) is 5.92 Å². The molecule has 0 radical (unpaired) electrons. The molecule has 2 aromatic carbocycles. The van der Waals surface area contributed by atoms with Crippen molar-refractivity contribution in [1.29, 1.82) is 0 Å². The molecule has 2 fully saturated rings. The van der Waals surface area contributed by atoms with Crippen molar-refractivity contribution in [1.82, 2.24) is 31.1 Å². The van der Waals surface area contributed by atoms with E-state index in [1.807, 2.05) is 74.5 Å². The molecule has 0 bridgehead atoms. The Balaban J connectivity index is 1.43. The van der Waals surface area contributed by atoms with E-state index in [0.29, 0.717) is 25.8 Å². The highest BCUT2D eigenvalue weighted by Crippen LogP contribution is 2.19. The lowest BCUT2D eigenvalue weighted by atomic mass is 9.99. The van der Waals surface area contributed by atoms with Gasteiger partial charge in [-0.05, 0) is 68.5 Å². The van der Waals surface area contributed by atoms with Crippen molar-refractivity contribution in [2.24, 2.45) is 17.4 Å². The van der Waals surface area contributed by atoms with Gasteiger partial charge in [0.2, 0.25) is 23.6 Å². The largest absolute Gasteiger partial charge is 0.345 e. The lowest BCUT2D eigenvalue weighted by molar-refractivity contribution is -0.149. The van der Waals surface area contributed by atoms with Crippen LogP contribution >= 0.6 is 0 Å². The van der Waals surface area contributed by atoms with Crippen molar-refractivity contribution in [3.05, 3.63) is 71.8 Å². The quantitative estimate of drug-likeness (QED) is 0.0931. The third-order valence-corrected chi connectivity index (χ3v) is 9.44. The zero-order chi connectivity index (χ0) is 38.3. The molecule has 4 atom stereocenters. The normalized spacial score (nSPS) is 16.5. The standard InChI is InChI=1S/C39H56N8O6/c1-26(2)23-32(45-36(50)33(25-28-13-7-4-8-14-28)44-34(48)30(41)24-27-11-5-3-6-12-27)35(49)43-31(15-9-10-18-40)38(52)46-19-21-47(22-20-46)39(53)37(51)42-29-16-17-29/h3-8,11-14,26,29-33H,9-10,15-25,40-41H2,1-2H3,(H,42,51)(H,43,49)(H,44,48)(H,45,50)/t30-,31-,32-,33-/m1/s1. The SMILES string of the molecule is CC(C)C[C@@H](NC(=O)[C@@H](Cc1ccccc1)NC(=O)[C@H](N)Cc1ccccc1)C(=O)N[C@H](CCCCN)C(=O)N1CCN(C(=O)C(=O)NC2CC2)CC1. The summed E-state index contributed by atoms with van der Waals surface area (Å²) in [5, 5.41) is 11.3. The Bertz CT molecular complexity index is 1530. The molecular weight excluding hydrogens is 676 g/mol. The molecule has 2 aliphatic rings. The monoisotopic (exact) mass is 732 g/mol. The first-order chi connectivity index (χ1) is 25.4. The van der Waals surface area contributed by atoms with Gasteiger partial charge >= 0.3 is 11.8 Å². The van der Waals surface area contributed by atoms with Gasteiger partial charge in [-0.2, -0.15) is 0 Å². The number of nitrogens with two attached hydrogens (primary N) is 2. The summed E-state index contributed by atoms with van der Waals surface area (Å²) in [5.74, 6) is -3.10. The number of carbonyl (C=O) groups is 6. The zero-order valence-electron chi connectivity index (χ0n) is 30.9. The molecule has 0 unspecified atom stereocenters. The van der Waals surface area contributed by atoms with E-state index in [9.17, 15) is 28.8 Å². The first kappa shape index (κ1) is 40.9. The van der Waals surface area contributed by atoms with Gasteiger partial charge in [0.25, 0.3) is 0 Å². The van der Waals surface area contributed by atoms with Crippen molar-refractivity contribution in [3.8, 4) is 0 Å². The Kier molecular flexibility index (Phi) is 15.8. The van der Waals surface area contributed by atoms with Crippen molar-refractivity contribution in [3.63, 3.8) is 0 Å². The Morgan fingerprint density at radius 2 is 1.23 bits per heavy atom. The molecule has 1 aliphatic heterocycles. The number of rotatable bonds is 18.